The summed E-state index contributed by atoms with van der Waals surface area (Å²) in [4.78, 5) is 10.9. The Kier molecular flexibility index (Phi) is 3.17. The summed E-state index contributed by atoms with van der Waals surface area (Å²) in [6, 6.07) is 2.40. The third-order valence-corrected chi connectivity index (χ3v) is 4.31. The highest BCUT2D eigenvalue weighted by atomic mass is 32.2. The summed E-state index contributed by atoms with van der Waals surface area (Å²) in [5.74, 6) is -2.88. The van der Waals surface area contributed by atoms with Gasteiger partial charge in [-0.1, -0.05) is 11.8 Å². The van der Waals surface area contributed by atoms with Crippen molar-refractivity contribution in [1.29, 1.82) is 0 Å². The van der Waals surface area contributed by atoms with Gasteiger partial charge in [-0.15, -0.1) is 10.2 Å². The third-order valence-electron chi connectivity index (χ3n) is 3.13. The molecule has 2 N–H and O–H groups in total. The molecule has 0 saturated carbocycles. The summed E-state index contributed by atoms with van der Waals surface area (Å²) in [6.07, 6.45) is 1.09. The predicted octanol–water partition coefficient (Wildman–Crippen LogP) is 2.04. The van der Waals surface area contributed by atoms with Gasteiger partial charge in [0.2, 0.25) is 5.69 Å². The van der Waals surface area contributed by atoms with Crippen LogP contribution in [-0.4, -0.2) is 31.7 Å². The van der Waals surface area contributed by atoms with Crippen LogP contribution >= 0.6 is 11.8 Å². The van der Waals surface area contributed by atoms with Crippen molar-refractivity contribution in [3.8, 4) is 0 Å². The van der Waals surface area contributed by atoms with Gasteiger partial charge in [-0.25, -0.2) is 13.6 Å². The fourth-order valence-electron chi connectivity index (χ4n) is 2.26. The fraction of sp³-hybridized carbons (Fsp3) is 0.250. The first kappa shape index (κ1) is 13.0. The molecule has 8 heteroatoms. The van der Waals surface area contributed by atoms with Crippen molar-refractivity contribution in [2.75, 3.05) is 0 Å². The normalized spacial score (nSPS) is 14.5. The van der Waals surface area contributed by atoms with Gasteiger partial charge in [0, 0.05) is 5.25 Å². The number of aromatic carboxylic acids is 1. The van der Waals surface area contributed by atoms with Crippen LogP contribution in [0.3, 0.4) is 0 Å². The molecule has 104 valence electrons. The third kappa shape index (κ3) is 2.26. The van der Waals surface area contributed by atoms with Gasteiger partial charge in [0.15, 0.2) is 16.7 Å². The van der Waals surface area contributed by atoms with Gasteiger partial charge in [-0.05, 0) is 36.1 Å². The van der Waals surface area contributed by atoms with Crippen LogP contribution in [0, 0.1) is 11.6 Å². The zero-order valence-electron chi connectivity index (χ0n) is 10.1. The zero-order valence-corrected chi connectivity index (χ0v) is 10.9. The minimum atomic E-state index is -1.16. The summed E-state index contributed by atoms with van der Waals surface area (Å²) < 4.78 is 26.3. The van der Waals surface area contributed by atoms with Crippen LogP contribution in [0.4, 0.5) is 8.78 Å². The number of nitrogens with zero attached hydrogens (tertiary/aromatic N) is 2. The summed E-state index contributed by atoms with van der Waals surface area (Å²) in [7, 11) is 0. The summed E-state index contributed by atoms with van der Waals surface area (Å²) in [5, 5.41) is 18.8. The molecule has 2 aromatic rings. The number of thioether (sulfide) groups is 1. The number of aromatic amines is 1. The van der Waals surface area contributed by atoms with Crippen LogP contribution in [0.1, 0.15) is 21.6 Å². The molecule has 0 bridgehead atoms. The number of carbonyl (C=O) groups is 1. The Morgan fingerprint density at radius 3 is 2.40 bits per heavy atom. The summed E-state index contributed by atoms with van der Waals surface area (Å²) in [5.41, 5.74) is 1.37. The molecule has 1 aliphatic rings. The Hall–Kier alpha value is -1.96. The van der Waals surface area contributed by atoms with E-state index in [0.29, 0.717) is 12.8 Å². The van der Waals surface area contributed by atoms with Crippen molar-refractivity contribution in [2.45, 2.75) is 23.1 Å². The number of fused-ring (bicyclic) bond motifs is 1. The van der Waals surface area contributed by atoms with Gasteiger partial charge < -0.3 is 5.11 Å². The van der Waals surface area contributed by atoms with Crippen molar-refractivity contribution >= 4 is 17.7 Å². The maximum absolute atomic E-state index is 13.2. The van der Waals surface area contributed by atoms with Gasteiger partial charge in [0.05, 0.1) is 0 Å². The Balaban J connectivity index is 1.79. The predicted molar refractivity (Wildman–Crippen MR) is 66.8 cm³/mol. The van der Waals surface area contributed by atoms with Gasteiger partial charge in [0.1, 0.15) is 0 Å². The maximum Gasteiger partial charge on any atom is 0.359 e. The molecule has 0 spiro atoms. The highest BCUT2D eigenvalue weighted by molar-refractivity contribution is 8.00. The Morgan fingerprint density at radius 2 is 1.85 bits per heavy atom. The van der Waals surface area contributed by atoms with Crippen LogP contribution in [-0.2, 0) is 12.8 Å². The molecule has 5 nitrogen and oxygen atoms in total. The number of hydrogen-bond donors (Lipinski definition) is 2. The van der Waals surface area contributed by atoms with Crippen molar-refractivity contribution in [3.05, 3.63) is 40.6 Å². The van der Waals surface area contributed by atoms with E-state index in [1.165, 1.54) is 23.9 Å². The van der Waals surface area contributed by atoms with E-state index < -0.39 is 17.6 Å². The molecule has 0 saturated heterocycles. The second-order valence-corrected chi connectivity index (χ2v) is 5.75. The first-order valence-electron chi connectivity index (χ1n) is 5.82. The molecule has 0 aliphatic heterocycles. The maximum atomic E-state index is 13.2. The van der Waals surface area contributed by atoms with Crippen molar-refractivity contribution in [1.82, 2.24) is 15.4 Å². The number of benzene rings is 1. The Morgan fingerprint density at radius 1 is 1.25 bits per heavy atom. The molecule has 1 aromatic heterocycles. The summed E-state index contributed by atoms with van der Waals surface area (Å²) >= 11 is 1.25. The van der Waals surface area contributed by atoms with Crippen LogP contribution in [0.25, 0.3) is 0 Å². The van der Waals surface area contributed by atoms with Gasteiger partial charge in [-0.2, -0.15) is 5.21 Å². The second-order valence-electron chi connectivity index (χ2n) is 4.47. The minimum Gasteiger partial charge on any atom is -0.476 e. The number of carboxylic acid groups (broad SMARTS) is 1. The molecule has 1 aromatic carbocycles. The van der Waals surface area contributed by atoms with Crippen molar-refractivity contribution in [3.63, 3.8) is 0 Å². The topological polar surface area (TPSA) is 78.9 Å². The molecular formula is C12H9F2N3O2S. The lowest BCUT2D eigenvalue weighted by Gasteiger charge is -2.05. The van der Waals surface area contributed by atoms with E-state index in [4.69, 9.17) is 5.11 Å². The number of hydrogen-bond acceptors (Lipinski definition) is 4. The zero-order chi connectivity index (χ0) is 14.3. The van der Waals surface area contributed by atoms with Crippen LogP contribution in [0.5, 0.6) is 0 Å². The molecular weight excluding hydrogens is 288 g/mol. The van der Waals surface area contributed by atoms with E-state index >= 15 is 0 Å². The molecule has 3 rings (SSSR count). The average Bonchev–Trinajstić information content (AvgIpc) is 2.97. The van der Waals surface area contributed by atoms with E-state index in [2.05, 4.69) is 15.4 Å². The number of rotatable bonds is 3. The largest absolute Gasteiger partial charge is 0.476 e. The van der Waals surface area contributed by atoms with Gasteiger partial charge >= 0.3 is 5.97 Å². The molecule has 1 aliphatic carbocycles. The highest BCUT2D eigenvalue weighted by Crippen LogP contribution is 2.35. The van der Waals surface area contributed by atoms with E-state index in [1.807, 2.05) is 0 Å². The molecule has 1 heterocycles. The molecule has 20 heavy (non-hydrogen) atoms. The van der Waals surface area contributed by atoms with E-state index in [1.54, 1.807) is 0 Å². The number of H-pyrrole nitrogens is 1. The van der Waals surface area contributed by atoms with Gasteiger partial charge in [0.25, 0.3) is 0 Å². The summed E-state index contributed by atoms with van der Waals surface area (Å²) in [6.45, 7) is 0. The van der Waals surface area contributed by atoms with E-state index in [-0.39, 0.29) is 16.0 Å². The quantitative estimate of drug-likeness (QED) is 0.906. The van der Waals surface area contributed by atoms with Crippen LogP contribution in [0.2, 0.25) is 0 Å². The minimum absolute atomic E-state index is 0.00519. The van der Waals surface area contributed by atoms with E-state index in [0.717, 1.165) is 11.1 Å². The highest BCUT2D eigenvalue weighted by Gasteiger charge is 2.27. The van der Waals surface area contributed by atoms with Crippen LogP contribution in [0.15, 0.2) is 17.2 Å². The number of aromatic nitrogens is 3. The SMILES string of the molecule is O=C(O)c1n[nH]nc1SC1Cc2cc(F)c(F)cc2C1. The second kappa shape index (κ2) is 4.86. The molecule has 0 amide bonds. The van der Waals surface area contributed by atoms with Crippen molar-refractivity contribution < 1.29 is 18.7 Å². The van der Waals surface area contributed by atoms with Crippen LogP contribution < -0.4 is 0 Å². The monoisotopic (exact) mass is 297 g/mol. The lowest BCUT2D eigenvalue weighted by Crippen LogP contribution is -2.04. The van der Waals surface area contributed by atoms with Crippen molar-refractivity contribution in [2.24, 2.45) is 0 Å². The number of carboxylic acids is 1. The molecule has 0 fully saturated rings. The van der Waals surface area contributed by atoms with E-state index in [9.17, 15) is 13.6 Å². The standard InChI is InChI=1S/C12H9F2N3O2S/c13-8-3-5-1-7(2-6(5)4-9(8)14)20-11-10(12(18)19)15-17-16-11/h3-4,7H,1-2H2,(H,18,19)(H,15,16,17). The molecule has 0 radical (unpaired) electrons. The van der Waals surface area contributed by atoms with Gasteiger partial charge in [-0.3, -0.25) is 0 Å². The Labute approximate surface area is 116 Å². The smallest absolute Gasteiger partial charge is 0.359 e. The first-order chi connectivity index (χ1) is 9.54. The first-order valence-corrected chi connectivity index (χ1v) is 6.70. The fourth-order valence-corrected chi connectivity index (χ4v) is 3.44. The number of halogens is 2. The Bertz CT molecular complexity index is 658. The average molecular weight is 297 g/mol. The lowest BCUT2D eigenvalue weighted by molar-refractivity contribution is 0.0686. The number of nitrogens with one attached hydrogen (secondary N) is 1. The molecule has 0 unspecified atom stereocenters. The lowest BCUT2D eigenvalue weighted by atomic mass is 10.1. The molecule has 0 atom stereocenters.